The summed E-state index contributed by atoms with van der Waals surface area (Å²) in [6.45, 7) is 0. The molecule has 5 nitrogen and oxygen atoms in total. The average Bonchev–Trinajstić information content (AvgIpc) is 1.88. The van der Waals surface area contributed by atoms with E-state index in [1.54, 1.807) is 0 Å². The van der Waals surface area contributed by atoms with Crippen LogP contribution in [-0.4, -0.2) is 19.8 Å². The third-order valence-electron chi connectivity index (χ3n) is 0.848. The highest BCUT2D eigenvalue weighted by Crippen LogP contribution is 2.30. The molecular formula is C4H5N2O3P. The SMILES string of the molecule is O=P(O)(O)c1cnccn1. The Bertz CT molecular complexity index is 256. The molecule has 0 spiro atoms. The summed E-state index contributed by atoms with van der Waals surface area (Å²) in [4.78, 5) is 23.9. The van der Waals surface area contributed by atoms with E-state index in [1.807, 2.05) is 0 Å². The van der Waals surface area contributed by atoms with E-state index in [2.05, 4.69) is 9.97 Å². The van der Waals surface area contributed by atoms with Crippen LogP contribution in [0.25, 0.3) is 0 Å². The molecule has 10 heavy (non-hydrogen) atoms. The Balaban J connectivity index is 3.09. The van der Waals surface area contributed by atoms with Gasteiger partial charge >= 0.3 is 7.60 Å². The van der Waals surface area contributed by atoms with Gasteiger partial charge in [-0.2, -0.15) is 0 Å². The van der Waals surface area contributed by atoms with E-state index in [-0.39, 0.29) is 5.44 Å². The lowest BCUT2D eigenvalue weighted by Crippen LogP contribution is -2.08. The second kappa shape index (κ2) is 2.46. The third kappa shape index (κ3) is 1.60. The molecule has 0 fully saturated rings. The molecule has 0 saturated heterocycles. The maximum atomic E-state index is 10.4. The summed E-state index contributed by atoms with van der Waals surface area (Å²) in [6.07, 6.45) is 3.62. The molecular weight excluding hydrogens is 155 g/mol. The van der Waals surface area contributed by atoms with Crippen LogP contribution >= 0.6 is 7.60 Å². The smallest absolute Gasteiger partial charge is 0.320 e. The summed E-state index contributed by atoms with van der Waals surface area (Å²) < 4.78 is 10.4. The Labute approximate surface area is 56.9 Å². The molecule has 1 rings (SSSR count). The molecule has 0 saturated carbocycles. The van der Waals surface area contributed by atoms with Crippen molar-refractivity contribution in [2.24, 2.45) is 0 Å². The van der Waals surface area contributed by atoms with Gasteiger partial charge in [0.15, 0.2) is 5.44 Å². The third-order valence-corrected chi connectivity index (χ3v) is 1.68. The van der Waals surface area contributed by atoms with Crippen molar-refractivity contribution in [1.29, 1.82) is 0 Å². The van der Waals surface area contributed by atoms with Gasteiger partial charge in [-0.15, -0.1) is 0 Å². The maximum Gasteiger partial charge on any atom is 0.376 e. The quantitative estimate of drug-likeness (QED) is 0.529. The van der Waals surface area contributed by atoms with Crippen LogP contribution in [0, 0.1) is 0 Å². The van der Waals surface area contributed by atoms with Gasteiger partial charge in [-0.3, -0.25) is 9.55 Å². The Kier molecular flexibility index (Phi) is 1.80. The summed E-state index contributed by atoms with van der Waals surface area (Å²) in [7, 11) is -4.19. The number of hydrogen-bond acceptors (Lipinski definition) is 3. The van der Waals surface area contributed by atoms with Crippen molar-refractivity contribution < 1.29 is 14.4 Å². The fraction of sp³-hybridized carbons (Fsp3) is 0. The van der Waals surface area contributed by atoms with Gasteiger partial charge in [0.1, 0.15) is 0 Å². The summed E-state index contributed by atoms with van der Waals surface area (Å²) in [5.74, 6) is 0. The molecule has 0 aromatic carbocycles. The summed E-state index contributed by atoms with van der Waals surface area (Å²) in [6, 6.07) is 0. The van der Waals surface area contributed by atoms with Crippen molar-refractivity contribution in [2.75, 3.05) is 0 Å². The molecule has 54 valence electrons. The largest absolute Gasteiger partial charge is 0.376 e. The highest BCUT2D eigenvalue weighted by atomic mass is 31.2. The lowest BCUT2D eigenvalue weighted by Gasteiger charge is -1.98. The van der Waals surface area contributed by atoms with Crippen molar-refractivity contribution in [3.05, 3.63) is 18.6 Å². The fourth-order valence-corrected chi connectivity index (χ4v) is 0.876. The standard InChI is InChI=1S/C4H5N2O3P/c7-10(8,9)4-3-5-1-2-6-4/h1-3H,(H2,7,8,9). The summed E-state index contributed by atoms with van der Waals surface area (Å²) in [5.41, 5.74) is -0.296. The normalized spacial score (nSPS) is 11.4. The minimum atomic E-state index is -4.19. The Morgan fingerprint density at radius 3 is 2.40 bits per heavy atom. The Hall–Kier alpha value is -0.770. The molecule has 0 amide bonds. The second-order valence-electron chi connectivity index (χ2n) is 1.61. The van der Waals surface area contributed by atoms with Crippen molar-refractivity contribution in [2.45, 2.75) is 0 Å². The maximum absolute atomic E-state index is 10.4. The highest BCUT2D eigenvalue weighted by molar-refractivity contribution is 7.59. The van der Waals surface area contributed by atoms with E-state index < -0.39 is 7.60 Å². The van der Waals surface area contributed by atoms with E-state index in [9.17, 15) is 4.57 Å². The van der Waals surface area contributed by atoms with E-state index in [1.165, 1.54) is 12.4 Å². The molecule has 0 aliphatic carbocycles. The lowest BCUT2D eigenvalue weighted by atomic mass is 10.8. The van der Waals surface area contributed by atoms with Gasteiger partial charge in [0.05, 0.1) is 6.20 Å². The van der Waals surface area contributed by atoms with E-state index in [4.69, 9.17) is 9.79 Å². The predicted molar refractivity (Wildman–Crippen MR) is 33.7 cm³/mol. The van der Waals surface area contributed by atoms with Crippen LogP contribution in [0.3, 0.4) is 0 Å². The average molecular weight is 160 g/mol. The Morgan fingerprint density at radius 2 is 2.10 bits per heavy atom. The first-order valence-corrected chi connectivity index (χ1v) is 4.04. The predicted octanol–water partition coefficient (Wildman–Crippen LogP) is -0.720. The minimum Gasteiger partial charge on any atom is -0.320 e. The number of nitrogens with zero attached hydrogens (tertiary/aromatic N) is 2. The molecule has 0 radical (unpaired) electrons. The zero-order valence-corrected chi connectivity index (χ0v) is 5.77. The zero-order chi connectivity index (χ0) is 7.61. The van der Waals surface area contributed by atoms with Crippen LogP contribution in [0.5, 0.6) is 0 Å². The van der Waals surface area contributed by atoms with E-state index >= 15 is 0 Å². The van der Waals surface area contributed by atoms with Crippen molar-refractivity contribution >= 4 is 13.0 Å². The first-order chi connectivity index (χ1) is 4.61. The van der Waals surface area contributed by atoms with Crippen molar-refractivity contribution in [3.63, 3.8) is 0 Å². The molecule has 1 heterocycles. The molecule has 0 aliphatic rings. The zero-order valence-electron chi connectivity index (χ0n) is 4.88. The van der Waals surface area contributed by atoms with Crippen LogP contribution in [0.15, 0.2) is 18.6 Å². The number of aromatic nitrogens is 2. The fourth-order valence-electron chi connectivity index (χ4n) is 0.442. The molecule has 2 N–H and O–H groups in total. The van der Waals surface area contributed by atoms with Gasteiger partial charge in [0, 0.05) is 12.4 Å². The Morgan fingerprint density at radius 1 is 1.40 bits per heavy atom. The molecule has 0 bridgehead atoms. The van der Waals surface area contributed by atoms with E-state index in [0.29, 0.717) is 0 Å². The van der Waals surface area contributed by atoms with Gasteiger partial charge in [-0.25, -0.2) is 4.98 Å². The molecule has 0 atom stereocenters. The molecule has 0 unspecified atom stereocenters. The topological polar surface area (TPSA) is 83.3 Å². The van der Waals surface area contributed by atoms with Gasteiger partial charge < -0.3 is 9.79 Å². The molecule has 0 aliphatic heterocycles. The monoisotopic (exact) mass is 160 g/mol. The van der Waals surface area contributed by atoms with Crippen LogP contribution in [0.1, 0.15) is 0 Å². The van der Waals surface area contributed by atoms with Crippen LogP contribution in [0.4, 0.5) is 0 Å². The van der Waals surface area contributed by atoms with Crippen LogP contribution in [-0.2, 0) is 4.57 Å². The molecule has 6 heteroatoms. The summed E-state index contributed by atoms with van der Waals surface area (Å²) in [5, 5.41) is 0. The van der Waals surface area contributed by atoms with Gasteiger partial charge in [-0.05, 0) is 0 Å². The van der Waals surface area contributed by atoms with Crippen LogP contribution in [0.2, 0.25) is 0 Å². The number of rotatable bonds is 1. The van der Waals surface area contributed by atoms with Gasteiger partial charge in [0.25, 0.3) is 0 Å². The van der Waals surface area contributed by atoms with Crippen LogP contribution < -0.4 is 5.44 Å². The van der Waals surface area contributed by atoms with Gasteiger partial charge in [-0.1, -0.05) is 0 Å². The van der Waals surface area contributed by atoms with Gasteiger partial charge in [0.2, 0.25) is 0 Å². The highest BCUT2D eigenvalue weighted by Gasteiger charge is 2.17. The van der Waals surface area contributed by atoms with Crippen molar-refractivity contribution in [3.8, 4) is 0 Å². The lowest BCUT2D eigenvalue weighted by molar-refractivity contribution is 0.386. The first kappa shape index (κ1) is 7.34. The summed E-state index contributed by atoms with van der Waals surface area (Å²) >= 11 is 0. The second-order valence-corrected chi connectivity index (χ2v) is 3.15. The molecule has 1 aromatic rings. The van der Waals surface area contributed by atoms with E-state index in [0.717, 1.165) is 6.20 Å². The molecule has 1 aromatic heterocycles. The first-order valence-electron chi connectivity index (χ1n) is 2.43. The number of hydrogen-bond donors (Lipinski definition) is 2. The minimum absolute atomic E-state index is 0.296. The van der Waals surface area contributed by atoms with Crippen molar-refractivity contribution in [1.82, 2.24) is 9.97 Å².